The number of benzene rings is 1. The third-order valence-electron chi connectivity index (χ3n) is 2.91. The number of nitrogens with one attached hydrogen (secondary N) is 1. The first-order valence-corrected chi connectivity index (χ1v) is 6.68. The Morgan fingerprint density at radius 2 is 2.24 bits per heavy atom. The van der Waals surface area contributed by atoms with E-state index in [1.807, 2.05) is 0 Å². The van der Waals surface area contributed by atoms with Gasteiger partial charge >= 0.3 is 5.69 Å². The number of aromatic amines is 1. The Kier molecular flexibility index (Phi) is 3.26. The quantitative estimate of drug-likeness (QED) is 0.573. The van der Waals surface area contributed by atoms with Crippen LogP contribution in [0, 0.1) is 10.1 Å². The van der Waals surface area contributed by atoms with Crippen LogP contribution in [0.25, 0.3) is 11.3 Å². The van der Waals surface area contributed by atoms with Crippen molar-refractivity contribution >= 4 is 32.9 Å². The molecule has 3 aromatic rings. The molecule has 0 atom stereocenters. The maximum atomic E-state index is 12.0. The second-order valence-corrected chi connectivity index (χ2v) is 5.12. The van der Waals surface area contributed by atoms with E-state index in [-0.39, 0.29) is 17.9 Å². The van der Waals surface area contributed by atoms with E-state index in [4.69, 9.17) is 0 Å². The molecule has 0 radical (unpaired) electrons. The van der Waals surface area contributed by atoms with Crippen LogP contribution in [0.4, 0.5) is 5.69 Å². The van der Waals surface area contributed by atoms with Crippen LogP contribution in [0.2, 0.25) is 0 Å². The minimum Gasteiger partial charge on any atom is -0.289 e. The van der Waals surface area contributed by atoms with Gasteiger partial charge in [-0.05, 0) is 21.5 Å². The number of nitrogens with zero attached hydrogens (tertiary/aromatic N) is 4. The van der Waals surface area contributed by atoms with E-state index in [9.17, 15) is 14.9 Å². The van der Waals surface area contributed by atoms with Crippen molar-refractivity contribution in [1.82, 2.24) is 19.5 Å². The molecule has 0 unspecified atom stereocenters. The molecule has 1 N–H and O–H groups in total. The lowest BCUT2D eigenvalue weighted by Crippen LogP contribution is -2.17. The van der Waals surface area contributed by atoms with Crippen molar-refractivity contribution in [2.24, 2.45) is 0 Å². The maximum Gasteiger partial charge on any atom is 0.329 e. The molecule has 21 heavy (non-hydrogen) atoms. The Labute approximate surface area is 125 Å². The number of H-pyrrole nitrogens is 1. The highest BCUT2D eigenvalue weighted by atomic mass is 79.9. The van der Waals surface area contributed by atoms with Gasteiger partial charge in [0.2, 0.25) is 0 Å². The normalized spacial score (nSPS) is 10.9. The van der Waals surface area contributed by atoms with Gasteiger partial charge in [-0.2, -0.15) is 0 Å². The lowest BCUT2D eigenvalue weighted by Gasteiger charge is -2.03. The largest absolute Gasteiger partial charge is 0.329 e. The van der Waals surface area contributed by atoms with E-state index in [0.717, 1.165) is 0 Å². The number of non-ortho nitro benzene ring substituents is 1. The highest BCUT2D eigenvalue weighted by Crippen LogP contribution is 2.15. The summed E-state index contributed by atoms with van der Waals surface area (Å²) in [6, 6.07) is 6.12. The number of rotatable bonds is 3. The summed E-state index contributed by atoms with van der Waals surface area (Å²) in [5, 5.41) is 10.8. The fraction of sp³-hybridized carbons (Fsp3) is 0.0833. The van der Waals surface area contributed by atoms with Crippen LogP contribution in [0.15, 0.2) is 39.9 Å². The van der Waals surface area contributed by atoms with E-state index in [2.05, 4.69) is 30.9 Å². The summed E-state index contributed by atoms with van der Waals surface area (Å²) in [4.78, 5) is 33.1. The van der Waals surface area contributed by atoms with E-state index < -0.39 is 4.92 Å². The molecule has 0 aliphatic heterocycles. The van der Waals surface area contributed by atoms with Crippen molar-refractivity contribution in [2.75, 3.05) is 0 Å². The smallest absolute Gasteiger partial charge is 0.289 e. The zero-order valence-corrected chi connectivity index (χ0v) is 12.1. The monoisotopic (exact) mass is 349 g/mol. The number of imidazole rings is 1. The number of hydrogen-bond donors (Lipinski definition) is 1. The van der Waals surface area contributed by atoms with Gasteiger partial charge in [0, 0.05) is 12.1 Å². The van der Waals surface area contributed by atoms with Crippen LogP contribution in [0.5, 0.6) is 0 Å². The lowest BCUT2D eigenvalue weighted by molar-refractivity contribution is -0.384. The Balaban J connectivity index is 2.07. The molecule has 0 aliphatic carbocycles. The van der Waals surface area contributed by atoms with Crippen molar-refractivity contribution in [3.8, 4) is 0 Å². The second kappa shape index (κ2) is 5.09. The first-order chi connectivity index (χ1) is 10.0. The molecule has 0 saturated carbocycles. The summed E-state index contributed by atoms with van der Waals surface area (Å²) < 4.78 is 1.88. The average molecular weight is 350 g/mol. The predicted molar refractivity (Wildman–Crippen MR) is 78.0 cm³/mol. The Bertz CT molecular complexity index is 901. The van der Waals surface area contributed by atoms with Gasteiger partial charge in [0.25, 0.3) is 5.69 Å². The summed E-state index contributed by atoms with van der Waals surface area (Å²) in [6.45, 7) is 0.172. The van der Waals surface area contributed by atoms with Crippen LogP contribution in [-0.4, -0.2) is 24.4 Å². The number of nitro benzene ring substituents is 1. The van der Waals surface area contributed by atoms with Crippen LogP contribution in [-0.2, 0) is 6.54 Å². The van der Waals surface area contributed by atoms with Crippen molar-refractivity contribution in [1.29, 1.82) is 0 Å². The molecular formula is C12H8BrN5O3. The lowest BCUT2D eigenvalue weighted by atomic mass is 10.2. The molecule has 2 heterocycles. The molecule has 1 aromatic carbocycles. The van der Waals surface area contributed by atoms with Crippen LogP contribution >= 0.6 is 15.9 Å². The molecule has 8 nitrogen and oxygen atoms in total. The standard InChI is InChI=1S/C12H8BrN5O3/c13-9-5-14-10-11(15-9)17(12(19)16-10)6-7-2-1-3-8(4-7)18(20)21/h1-5H,6H2,(H,14,16,19). The highest BCUT2D eigenvalue weighted by Gasteiger charge is 2.12. The number of fused-ring (bicyclic) bond motifs is 1. The van der Waals surface area contributed by atoms with Gasteiger partial charge < -0.3 is 0 Å². The summed E-state index contributed by atoms with van der Waals surface area (Å²) in [6.07, 6.45) is 1.48. The Morgan fingerprint density at radius 3 is 3.00 bits per heavy atom. The van der Waals surface area contributed by atoms with Crippen LogP contribution in [0.3, 0.4) is 0 Å². The summed E-state index contributed by atoms with van der Waals surface area (Å²) in [5.74, 6) is 0. The fourth-order valence-electron chi connectivity index (χ4n) is 2.00. The molecule has 106 valence electrons. The first-order valence-electron chi connectivity index (χ1n) is 5.89. The Morgan fingerprint density at radius 1 is 1.43 bits per heavy atom. The number of halogens is 1. The van der Waals surface area contributed by atoms with Gasteiger partial charge in [0.05, 0.1) is 17.7 Å². The fourth-order valence-corrected chi connectivity index (χ4v) is 2.27. The molecular weight excluding hydrogens is 342 g/mol. The van der Waals surface area contributed by atoms with Crippen molar-refractivity contribution in [3.05, 3.63) is 61.2 Å². The maximum absolute atomic E-state index is 12.0. The van der Waals surface area contributed by atoms with Gasteiger partial charge in [-0.1, -0.05) is 12.1 Å². The molecule has 3 rings (SSSR count). The summed E-state index contributed by atoms with van der Waals surface area (Å²) in [5.41, 5.74) is 1.01. The minimum absolute atomic E-state index is 0.0207. The van der Waals surface area contributed by atoms with E-state index in [0.29, 0.717) is 21.5 Å². The van der Waals surface area contributed by atoms with E-state index in [1.165, 1.54) is 22.9 Å². The van der Waals surface area contributed by atoms with Gasteiger partial charge in [0.1, 0.15) is 4.60 Å². The van der Waals surface area contributed by atoms with Gasteiger partial charge in [-0.25, -0.2) is 14.8 Å². The van der Waals surface area contributed by atoms with Crippen molar-refractivity contribution < 1.29 is 4.92 Å². The molecule has 9 heteroatoms. The van der Waals surface area contributed by atoms with Gasteiger partial charge in [-0.15, -0.1) is 0 Å². The third-order valence-corrected chi connectivity index (χ3v) is 3.29. The van der Waals surface area contributed by atoms with Crippen molar-refractivity contribution in [2.45, 2.75) is 6.54 Å². The molecule has 0 saturated heterocycles. The first kappa shape index (κ1) is 13.4. The van der Waals surface area contributed by atoms with E-state index >= 15 is 0 Å². The topological polar surface area (TPSA) is 107 Å². The SMILES string of the molecule is O=c1[nH]c2ncc(Br)nc2n1Cc1cccc([N+](=O)[O-])c1. The zero-order chi connectivity index (χ0) is 15.0. The predicted octanol–water partition coefficient (Wildman–Crippen LogP) is 1.84. The number of aromatic nitrogens is 4. The molecule has 0 bridgehead atoms. The minimum atomic E-state index is -0.474. The third kappa shape index (κ3) is 2.55. The highest BCUT2D eigenvalue weighted by molar-refractivity contribution is 9.10. The van der Waals surface area contributed by atoms with Gasteiger partial charge in [0.15, 0.2) is 11.3 Å². The molecule has 2 aromatic heterocycles. The Hall–Kier alpha value is -2.55. The average Bonchev–Trinajstić information content (AvgIpc) is 2.75. The summed E-state index contributed by atoms with van der Waals surface area (Å²) in [7, 11) is 0. The molecule has 0 spiro atoms. The van der Waals surface area contributed by atoms with Crippen LogP contribution < -0.4 is 5.69 Å². The van der Waals surface area contributed by atoms with Crippen LogP contribution in [0.1, 0.15) is 5.56 Å². The molecule has 0 amide bonds. The van der Waals surface area contributed by atoms with E-state index in [1.54, 1.807) is 12.1 Å². The molecule has 0 fully saturated rings. The zero-order valence-electron chi connectivity index (χ0n) is 10.5. The summed E-state index contributed by atoms with van der Waals surface area (Å²) >= 11 is 3.20. The second-order valence-electron chi connectivity index (χ2n) is 4.31. The number of nitro groups is 1. The van der Waals surface area contributed by atoms with Gasteiger partial charge in [-0.3, -0.25) is 19.7 Å². The number of hydrogen-bond acceptors (Lipinski definition) is 5. The van der Waals surface area contributed by atoms with Crippen molar-refractivity contribution in [3.63, 3.8) is 0 Å². The molecule has 0 aliphatic rings.